The van der Waals surface area contributed by atoms with E-state index in [1.165, 1.54) is 0 Å². The summed E-state index contributed by atoms with van der Waals surface area (Å²) < 4.78 is 4.97. The lowest BCUT2D eigenvalue weighted by molar-refractivity contribution is -0.105. The summed E-state index contributed by atoms with van der Waals surface area (Å²) >= 11 is 0. The third-order valence-corrected chi connectivity index (χ3v) is 2.44. The minimum Gasteiger partial charge on any atom is -0.365 e. The molecular weight excluding hydrogens is 152 g/mol. The topological polar surface area (TPSA) is 29.5 Å². The number of rotatable bonds is 2. The molecule has 1 aromatic rings. The van der Waals surface area contributed by atoms with E-state index < -0.39 is 5.79 Å². The first-order valence-electron chi connectivity index (χ1n) is 4.09. The van der Waals surface area contributed by atoms with Crippen LogP contribution in [0.4, 0.5) is 0 Å². The quantitative estimate of drug-likeness (QED) is 0.671. The molecule has 12 heavy (non-hydrogen) atoms. The normalized spacial score (nSPS) is 33.3. The molecule has 0 radical (unpaired) electrons. The van der Waals surface area contributed by atoms with Crippen molar-refractivity contribution in [3.05, 3.63) is 35.9 Å². The number of hydrogen-bond donors (Lipinski definition) is 1. The maximum atomic E-state index is 9.63. The van der Waals surface area contributed by atoms with Gasteiger partial charge < -0.3 is 9.84 Å². The van der Waals surface area contributed by atoms with Crippen LogP contribution >= 0.6 is 0 Å². The Hall–Kier alpha value is -0.860. The van der Waals surface area contributed by atoms with E-state index in [1.807, 2.05) is 30.3 Å². The van der Waals surface area contributed by atoms with E-state index in [0.29, 0.717) is 6.42 Å². The van der Waals surface area contributed by atoms with Crippen LogP contribution in [-0.4, -0.2) is 18.0 Å². The van der Waals surface area contributed by atoms with Gasteiger partial charge in [-0.15, -0.1) is 0 Å². The first kappa shape index (κ1) is 7.77. The van der Waals surface area contributed by atoms with Gasteiger partial charge in [0.15, 0.2) is 5.79 Å². The van der Waals surface area contributed by atoms with Crippen molar-refractivity contribution in [2.24, 2.45) is 0 Å². The molecule has 0 heterocycles. The van der Waals surface area contributed by atoms with Gasteiger partial charge >= 0.3 is 0 Å². The molecule has 0 unspecified atom stereocenters. The van der Waals surface area contributed by atoms with Gasteiger partial charge in [-0.05, 0) is 5.56 Å². The van der Waals surface area contributed by atoms with Crippen LogP contribution in [0.2, 0.25) is 0 Å². The number of ether oxygens (including phenoxy) is 1. The highest BCUT2D eigenvalue weighted by molar-refractivity contribution is 5.28. The first-order valence-corrected chi connectivity index (χ1v) is 4.09. The molecule has 0 saturated heterocycles. The zero-order chi connectivity index (χ0) is 8.60. The largest absolute Gasteiger partial charge is 0.365 e. The van der Waals surface area contributed by atoms with Gasteiger partial charge in [0.1, 0.15) is 0 Å². The molecule has 1 aliphatic rings. The fraction of sp³-hybridized carbons (Fsp3) is 0.400. The molecule has 2 atom stereocenters. The molecular formula is C10H12O2. The molecule has 1 saturated carbocycles. The van der Waals surface area contributed by atoms with E-state index in [9.17, 15) is 5.11 Å². The van der Waals surface area contributed by atoms with Crippen molar-refractivity contribution in [1.29, 1.82) is 0 Å². The Balaban J connectivity index is 2.16. The molecule has 2 rings (SSSR count). The average molecular weight is 164 g/mol. The third-order valence-electron chi connectivity index (χ3n) is 2.44. The minimum absolute atomic E-state index is 0.170. The summed E-state index contributed by atoms with van der Waals surface area (Å²) in [6.07, 6.45) is 0.716. The Bertz CT molecular complexity index is 270. The van der Waals surface area contributed by atoms with Gasteiger partial charge in [0.25, 0.3) is 0 Å². The molecule has 1 N–H and O–H groups in total. The molecule has 0 bridgehead atoms. The molecule has 64 valence electrons. The Kier molecular flexibility index (Phi) is 1.67. The van der Waals surface area contributed by atoms with Gasteiger partial charge in [-0.25, -0.2) is 0 Å². The van der Waals surface area contributed by atoms with Crippen LogP contribution in [0, 0.1) is 0 Å². The van der Waals surface area contributed by atoms with Crippen molar-refractivity contribution in [3.8, 4) is 0 Å². The lowest BCUT2D eigenvalue weighted by atomic mass is 10.1. The fourth-order valence-corrected chi connectivity index (χ4v) is 1.52. The maximum absolute atomic E-state index is 9.63. The van der Waals surface area contributed by atoms with E-state index >= 15 is 0 Å². The summed E-state index contributed by atoms with van der Waals surface area (Å²) in [7, 11) is 1.54. The second kappa shape index (κ2) is 2.57. The third kappa shape index (κ3) is 1.13. The molecule has 1 fully saturated rings. The summed E-state index contributed by atoms with van der Waals surface area (Å²) in [5, 5.41) is 9.63. The summed E-state index contributed by atoms with van der Waals surface area (Å²) in [5.41, 5.74) is 1.15. The fourth-order valence-electron chi connectivity index (χ4n) is 1.52. The predicted octanol–water partition coefficient (Wildman–Crippen LogP) is 1.51. The van der Waals surface area contributed by atoms with Crippen LogP contribution in [0.1, 0.15) is 17.9 Å². The second-order valence-corrected chi connectivity index (χ2v) is 3.22. The van der Waals surface area contributed by atoms with E-state index in [1.54, 1.807) is 7.11 Å². The van der Waals surface area contributed by atoms with Gasteiger partial charge in [-0.3, -0.25) is 0 Å². The highest BCUT2D eigenvalue weighted by atomic mass is 16.6. The minimum atomic E-state index is -0.888. The van der Waals surface area contributed by atoms with Crippen LogP contribution in [0.25, 0.3) is 0 Å². The molecule has 2 heteroatoms. The van der Waals surface area contributed by atoms with Gasteiger partial charge in [0.05, 0.1) is 0 Å². The predicted molar refractivity (Wildman–Crippen MR) is 45.8 cm³/mol. The standard InChI is InChI=1S/C10H12O2/c1-12-10(11)7-9(10)8-5-3-2-4-6-8/h2-6,9,11H,7H2,1H3/t9-,10+/m1/s1. The average Bonchev–Trinajstić information content (AvgIpc) is 2.81. The van der Waals surface area contributed by atoms with Crippen molar-refractivity contribution in [2.45, 2.75) is 18.1 Å². The van der Waals surface area contributed by atoms with Crippen LogP contribution in [0.5, 0.6) is 0 Å². The molecule has 0 aliphatic heterocycles. The van der Waals surface area contributed by atoms with Gasteiger partial charge in [-0.1, -0.05) is 30.3 Å². The molecule has 2 nitrogen and oxygen atoms in total. The summed E-state index contributed by atoms with van der Waals surface area (Å²) in [6.45, 7) is 0. The van der Waals surface area contributed by atoms with E-state index in [-0.39, 0.29) is 5.92 Å². The van der Waals surface area contributed by atoms with Gasteiger partial charge in [0.2, 0.25) is 0 Å². The molecule has 1 aromatic carbocycles. The lowest BCUT2D eigenvalue weighted by Crippen LogP contribution is -2.12. The molecule has 0 spiro atoms. The first-order chi connectivity index (χ1) is 5.76. The van der Waals surface area contributed by atoms with Gasteiger partial charge in [-0.2, -0.15) is 0 Å². The maximum Gasteiger partial charge on any atom is 0.172 e. The van der Waals surface area contributed by atoms with Crippen LogP contribution in [0.15, 0.2) is 30.3 Å². The number of methoxy groups -OCH3 is 1. The number of aliphatic hydroxyl groups is 1. The van der Waals surface area contributed by atoms with Crippen LogP contribution in [-0.2, 0) is 4.74 Å². The smallest absolute Gasteiger partial charge is 0.172 e. The van der Waals surface area contributed by atoms with Crippen LogP contribution < -0.4 is 0 Å². The second-order valence-electron chi connectivity index (χ2n) is 3.22. The van der Waals surface area contributed by atoms with Crippen molar-refractivity contribution >= 4 is 0 Å². The Morgan fingerprint density at radius 3 is 2.58 bits per heavy atom. The van der Waals surface area contributed by atoms with E-state index in [0.717, 1.165) is 5.56 Å². The molecule has 1 aliphatic carbocycles. The van der Waals surface area contributed by atoms with Crippen molar-refractivity contribution in [2.75, 3.05) is 7.11 Å². The highest BCUT2D eigenvalue weighted by Crippen LogP contribution is 2.51. The summed E-state index contributed by atoms with van der Waals surface area (Å²) in [6, 6.07) is 9.95. The Morgan fingerprint density at radius 1 is 1.42 bits per heavy atom. The monoisotopic (exact) mass is 164 g/mol. The van der Waals surface area contributed by atoms with Crippen molar-refractivity contribution < 1.29 is 9.84 Å². The SMILES string of the molecule is CO[C@@]1(O)C[C@@H]1c1ccccc1. The van der Waals surface area contributed by atoms with E-state index in [2.05, 4.69) is 0 Å². The molecule has 0 aromatic heterocycles. The van der Waals surface area contributed by atoms with Gasteiger partial charge in [0, 0.05) is 19.4 Å². The molecule has 0 amide bonds. The summed E-state index contributed by atoms with van der Waals surface area (Å²) in [4.78, 5) is 0. The zero-order valence-corrected chi connectivity index (χ0v) is 7.03. The van der Waals surface area contributed by atoms with Crippen molar-refractivity contribution in [1.82, 2.24) is 0 Å². The van der Waals surface area contributed by atoms with Crippen LogP contribution in [0.3, 0.4) is 0 Å². The number of benzene rings is 1. The lowest BCUT2D eigenvalue weighted by Gasteiger charge is -2.06. The highest BCUT2D eigenvalue weighted by Gasteiger charge is 2.54. The summed E-state index contributed by atoms with van der Waals surface area (Å²) in [5.74, 6) is -0.717. The number of hydrogen-bond acceptors (Lipinski definition) is 2. The zero-order valence-electron chi connectivity index (χ0n) is 7.03. The van der Waals surface area contributed by atoms with E-state index in [4.69, 9.17) is 4.74 Å². The Morgan fingerprint density at radius 2 is 2.08 bits per heavy atom. The van der Waals surface area contributed by atoms with Crippen molar-refractivity contribution in [3.63, 3.8) is 0 Å². The Labute approximate surface area is 71.8 Å².